The molecule has 1 aromatic carbocycles. The standard InChI is InChI=1S/C18H23N3O4/c1-11(2)15-20-17(25-21-15)13-9-7-6-8-12(13)16(23)19-10-14(22)24-18(3,4)5/h6-9,11H,10H2,1-5H3,(H,19,23). The number of carbonyl (C=O) groups is 2. The summed E-state index contributed by atoms with van der Waals surface area (Å²) >= 11 is 0. The zero-order valence-corrected chi connectivity index (χ0v) is 15.1. The Balaban J connectivity index is 2.14. The lowest BCUT2D eigenvalue weighted by molar-refractivity contribution is -0.153. The Kier molecular flexibility index (Phi) is 5.56. The number of ether oxygens (including phenoxy) is 1. The second-order valence-electron chi connectivity index (χ2n) is 6.93. The van der Waals surface area contributed by atoms with Crippen molar-refractivity contribution in [3.63, 3.8) is 0 Å². The van der Waals surface area contributed by atoms with Crippen LogP contribution in [0.5, 0.6) is 0 Å². The summed E-state index contributed by atoms with van der Waals surface area (Å²) in [4.78, 5) is 28.5. The van der Waals surface area contributed by atoms with Crippen LogP contribution in [0, 0.1) is 0 Å². The first kappa shape index (κ1) is 18.6. The Morgan fingerprint density at radius 1 is 1.24 bits per heavy atom. The topological polar surface area (TPSA) is 94.3 Å². The number of hydrogen-bond acceptors (Lipinski definition) is 6. The lowest BCUT2D eigenvalue weighted by Gasteiger charge is -2.19. The van der Waals surface area contributed by atoms with E-state index < -0.39 is 17.5 Å². The largest absolute Gasteiger partial charge is 0.459 e. The third-order valence-corrected chi connectivity index (χ3v) is 3.17. The van der Waals surface area contributed by atoms with Gasteiger partial charge in [-0.15, -0.1) is 0 Å². The molecule has 1 heterocycles. The van der Waals surface area contributed by atoms with Gasteiger partial charge in [0.1, 0.15) is 12.1 Å². The lowest BCUT2D eigenvalue weighted by atomic mass is 10.1. The van der Waals surface area contributed by atoms with Gasteiger partial charge in [-0.3, -0.25) is 9.59 Å². The second-order valence-corrected chi connectivity index (χ2v) is 6.93. The molecule has 2 rings (SSSR count). The zero-order chi connectivity index (χ0) is 18.6. The fraction of sp³-hybridized carbons (Fsp3) is 0.444. The number of rotatable bonds is 5. The molecule has 1 amide bonds. The molecule has 0 spiro atoms. The molecule has 1 N–H and O–H groups in total. The maximum atomic E-state index is 12.4. The van der Waals surface area contributed by atoms with E-state index in [1.807, 2.05) is 13.8 Å². The number of amides is 1. The molecule has 7 nitrogen and oxygen atoms in total. The molecule has 0 saturated carbocycles. The quantitative estimate of drug-likeness (QED) is 0.837. The maximum Gasteiger partial charge on any atom is 0.325 e. The predicted molar refractivity (Wildman–Crippen MR) is 92.0 cm³/mol. The number of aromatic nitrogens is 2. The van der Waals surface area contributed by atoms with E-state index in [1.54, 1.807) is 45.0 Å². The van der Waals surface area contributed by atoms with Gasteiger partial charge in [0.05, 0.1) is 11.1 Å². The summed E-state index contributed by atoms with van der Waals surface area (Å²) in [6.45, 7) is 8.99. The van der Waals surface area contributed by atoms with Crippen molar-refractivity contribution in [3.05, 3.63) is 35.7 Å². The highest BCUT2D eigenvalue weighted by molar-refractivity contribution is 6.01. The van der Waals surface area contributed by atoms with Crippen molar-refractivity contribution in [2.75, 3.05) is 6.54 Å². The van der Waals surface area contributed by atoms with Crippen LogP contribution in [0.15, 0.2) is 28.8 Å². The number of benzene rings is 1. The highest BCUT2D eigenvalue weighted by Crippen LogP contribution is 2.23. The predicted octanol–water partition coefficient (Wildman–Crippen LogP) is 2.93. The van der Waals surface area contributed by atoms with Crippen molar-refractivity contribution in [2.45, 2.75) is 46.1 Å². The second kappa shape index (κ2) is 7.46. The van der Waals surface area contributed by atoms with E-state index in [9.17, 15) is 9.59 Å². The molecule has 2 aromatic rings. The van der Waals surface area contributed by atoms with Gasteiger partial charge in [-0.2, -0.15) is 4.98 Å². The first-order valence-electron chi connectivity index (χ1n) is 8.10. The summed E-state index contributed by atoms with van der Waals surface area (Å²) in [6, 6.07) is 6.86. The van der Waals surface area contributed by atoms with Crippen LogP contribution < -0.4 is 5.32 Å². The van der Waals surface area contributed by atoms with Crippen LogP contribution in [0.3, 0.4) is 0 Å². The average molecular weight is 345 g/mol. The number of nitrogens with one attached hydrogen (secondary N) is 1. The van der Waals surface area contributed by atoms with Gasteiger partial charge in [-0.25, -0.2) is 0 Å². The minimum absolute atomic E-state index is 0.116. The Morgan fingerprint density at radius 2 is 1.92 bits per heavy atom. The van der Waals surface area contributed by atoms with E-state index in [2.05, 4.69) is 15.5 Å². The number of carbonyl (C=O) groups excluding carboxylic acids is 2. The Bertz CT molecular complexity index is 760. The van der Waals surface area contributed by atoms with E-state index >= 15 is 0 Å². The van der Waals surface area contributed by atoms with Crippen molar-refractivity contribution in [1.82, 2.24) is 15.5 Å². The summed E-state index contributed by atoms with van der Waals surface area (Å²) < 4.78 is 10.4. The maximum absolute atomic E-state index is 12.4. The van der Waals surface area contributed by atoms with E-state index in [4.69, 9.17) is 9.26 Å². The smallest absolute Gasteiger partial charge is 0.325 e. The molecule has 0 radical (unpaired) electrons. The van der Waals surface area contributed by atoms with Crippen molar-refractivity contribution in [2.24, 2.45) is 0 Å². The fourth-order valence-electron chi connectivity index (χ4n) is 2.07. The summed E-state index contributed by atoms with van der Waals surface area (Å²) in [5, 5.41) is 6.47. The third kappa shape index (κ3) is 5.14. The molecule has 7 heteroatoms. The number of nitrogens with zero attached hydrogens (tertiary/aromatic N) is 2. The first-order valence-corrected chi connectivity index (χ1v) is 8.10. The SMILES string of the molecule is CC(C)c1noc(-c2ccccc2C(=O)NCC(=O)OC(C)(C)C)n1. The van der Waals surface area contributed by atoms with E-state index in [1.165, 1.54) is 0 Å². The fourth-order valence-corrected chi connectivity index (χ4v) is 2.07. The number of hydrogen-bond donors (Lipinski definition) is 1. The van der Waals surface area contributed by atoms with Crippen molar-refractivity contribution >= 4 is 11.9 Å². The Labute approximate surface area is 146 Å². The molecule has 0 aliphatic heterocycles. The van der Waals surface area contributed by atoms with Crippen LogP contribution in [0.4, 0.5) is 0 Å². The molecule has 0 aliphatic carbocycles. The van der Waals surface area contributed by atoms with E-state index in [-0.39, 0.29) is 18.4 Å². The Hall–Kier alpha value is -2.70. The molecular weight excluding hydrogens is 322 g/mol. The Morgan fingerprint density at radius 3 is 2.52 bits per heavy atom. The van der Waals surface area contributed by atoms with E-state index in [0.717, 1.165) is 0 Å². The summed E-state index contributed by atoms with van der Waals surface area (Å²) in [7, 11) is 0. The summed E-state index contributed by atoms with van der Waals surface area (Å²) in [6.07, 6.45) is 0. The van der Waals surface area contributed by atoms with Crippen LogP contribution in [0.2, 0.25) is 0 Å². The average Bonchev–Trinajstić information content (AvgIpc) is 3.01. The molecule has 0 atom stereocenters. The van der Waals surface area contributed by atoms with Crippen LogP contribution in [0.1, 0.15) is 56.7 Å². The van der Waals surface area contributed by atoms with Gasteiger partial charge >= 0.3 is 5.97 Å². The van der Waals surface area contributed by atoms with Gasteiger partial charge in [0.2, 0.25) is 0 Å². The van der Waals surface area contributed by atoms with Gasteiger partial charge in [0.25, 0.3) is 11.8 Å². The minimum Gasteiger partial charge on any atom is -0.459 e. The summed E-state index contributed by atoms with van der Waals surface area (Å²) in [5.41, 5.74) is 0.269. The zero-order valence-electron chi connectivity index (χ0n) is 15.1. The molecule has 0 aliphatic rings. The van der Waals surface area contributed by atoms with Crippen molar-refractivity contribution < 1.29 is 18.8 Å². The molecule has 0 saturated heterocycles. The van der Waals surface area contributed by atoms with Crippen LogP contribution in [0.25, 0.3) is 11.5 Å². The van der Waals surface area contributed by atoms with Gasteiger partial charge in [-0.05, 0) is 32.9 Å². The first-order chi connectivity index (χ1) is 11.7. The molecule has 25 heavy (non-hydrogen) atoms. The van der Waals surface area contributed by atoms with E-state index in [0.29, 0.717) is 17.0 Å². The van der Waals surface area contributed by atoms with Gasteiger partial charge in [0.15, 0.2) is 5.82 Å². The highest BCUT2D eigenvalue weighted by atomic mass is 16.6. The van der Waals surface area contributed by atoms with Crippen molar-refractivity contribution in [3.8, 4) is 11.5 Å². The third-order valence-electron chi connectivity index (χ3n) is 3.17. The van der Waals surface area contributed by atoms with Crippen LogP contribution in [-0.2, 0) is 9.53 Å². The van der Waals surface area contributed by atoms with Gasteiger partial charge in [0, 0.05) is 5.92 Å². The normalized spacial score (nSPS) is 11.4. The molecule has 1 aromatic heterocycles. The van der Waals surface area contributed by atoms with Gasteiger partial charge < -0.3 is 14.6 Å². The van der Waals surface area contributed by atoms with Crippen LogP contribution in [-0.4, -0.2) is 34.2 Å². The lowest BCUT2D eigenvalue weighted by Crippen LogP contribution is -2.34. The molecule has 0 unspecified atom stereocenters. The van der Waals surface area contributed by atoms with Crippen molar-refractivity contribution in [1.29, 1.82) is 0 Å². The summed E-state index contributed by atoms with van der Waals surface area (Å²) in [5.74, 6) is 0.0420. The number of esters is 1. The molecule has 134 valence electrons. The van der Waals surface area contributed by atoms with Gasteiger partial charge in [-0.1, -0.05) is 31.1 Å². The molecular formula is C18H23N3O4. The van der Waals surface area contributed by atoms with Crippen LogP contribution >= 0.6 is 0 Å². The monoisotopic (exact) mass is 345 g/mol. The molecule has 0 fully saturated rings. The highest BCUT2D eigenvalue weighted by Gasteiger charge is 2.20. The minimum atomic E-state index is -0.600. The molecule has 0 bridgehead atoms.